The summed E-state index contributed by atoms with van der Waals surface area (Å²) >= 11 is 12.3. The van der Waals surface area contributed by atoms with Crippen LogP contribution in [0.5, 0.6) is 0 Å². The summed E-state index contributed by atoms with van der Waals surface area (Å²) in [6.45, 7) is 0.249. The van der Waals surface area contributed by atoms with Crippen LogP contribution in [0.3, 0.4) is 0 Å². The zero-order chi connectivity index (χ0) is 15.5. The van der Waals surface area contributed by atoms with Crippen LogP contribution in [0.4, 0.5) is 0 Å². The minimum absolute atomic E-state index is 0.00226. The summed E-state index contributed by atoms with van der Waals surface area (Å²) in [6.07, 6.45) is 0.519. The first kappa shape index (κ1) is 16.3. The van der Waals surface area contributed by atoms with Crippen molar-refractivity contribution in [2.45, 2.75) is 11.3 Å². The van der Waals surface area contributed by atoms with Crippen molar-refractivity contribution >= 4 is 50.2 Å². The van der Waals surface area contributed by atoms with E-state index in [-0.39, 0.29) is 21.5 Å². The third-order valence-electron chi connectivity index (χ3n) is 2.66. The molecule has 0 aliphatic carbocycles. The van der Waals surface area contributed by atoms with Crippen LogP contribution in [0, 0.1) is 0 Å². The summed E-state index contributed by atoms with van der Waals surface area (Å²) in [7, 11) is -3.68. The van der Waals surface area contributed by atoms with Crippen molar-refractivity contribution in [1.82, 2.24) is 9.71 Å². The first-order chi connectivity index (χ1) is 9.90. The molecule has 0 radical (unpaired) electrons. The quantitative estimate of drug-likeness (QED) is 0.768. The molecule has 1 aromatic carbocycles. The second kappa shape index (κ2) is 6.80. The molecule has 2 rings (SSSR count). The van der Waals surface area contributed by atoms with Crippen LogP contribution in [-0.4, -0.2) is 24.9 Å². The third kappa shape index (κ3) is 4.21. The summed E-state index contributed by atoms with van der Waals surface area (Å²) in [5.41, 5.74) is 8.55. The van der Waals surface area contributed by atoms with E-state index >= 15 is 0 Å². The highest BCUT2D eigenvalue weighted by molar-refractivity contribution is 7.89. The van der Waals surface area contributed by atoms with Gasteiger partial charge in [-0.3, -0.25) is 0 Å². The Hall–Kier alpha value is -1.06. The summed E-state index contributed by atoms with van der Waals surface area (Å²) < 4.78 is 26.9. The summed E-state index contributed by atoms with van der Waals surface area (Å²) in [5.74, 6) is 0. The van der Waals surface area contributed by atoms with Crippen LogP contribution < -0.4 is 10.5 Å². The number of thiazole rings is 1. The molecule has 1 aromatic heterocycles. The summed E-state index contributed by atoms with van der Waals surface area (Å²) in [6, 6.07) is 4.37. The number of nitrogens with two attached hydrogens (primary N) is 1. The molecule has 0 aliphatic rings. The number of rotatable bonds is 6. The lowest BCUT2D eigenvalue weighted by Gasteiger charge is -2.09. The minimum atomic E-state index is -3.68. The van der Waals surface area contributed by atoms with Crippen molar-refractivity contribution in [2.24, 2.45) is 5.73 Å². The molecule has 0 amide bonds. The van der Waals surface area contributed by atoms with E-state index in [1.165, 1.54) is 29.5 Å². The zero-order valence-electron chi connectivity index (χ0n) is 10.7. The second-order valence-electron chi connectivity index (χ2n) is 4.14. The number of nitrogens with zero attached hydrogens (tertiary/aromatic N) is 1. The van der Waals surface area contributed by atoms with E-state index in [2.05, 4.69) is 9.71 Å². The maximum Gasteiger partial charge on any atom is 0.242 e. The Morgan fingerprint density at radius 1 is 1.48 bits per heavy atom. The maximum atomic E-state index is 12.2. The van der Waals surface area contributed by atoms with Gasteiger partial charge in [0.05, 0.1) is 16.2 Å². The Morgan fingerprint density at radius 3 is 2.81 bits per heavy atom. The summed E-state index contributed by atoms with van der Waals surface area (Å²) in [5, 5.41) is 1.96. The lowest BCUT2D eigenvalue weighted by atomic mass is 10.2. The molecule has 0 bridgehead atoms. The lowest BCUT2D eigenvalue weighted by molar-refractivity contribution is 0.581. The standard InChI is InChI=1S/C12H12ClN3O2S3/c13-10-5-8(12(14)19)1-2-11(10)21(17,18)16-4-3-9-6-20-7-15-9/h1-2,5-7,16H,3-4H2,(H2,14,19). The van der Waals surface area contributed by atoms with Gasteiger partial charge in [-0.05, 0) is 12.1 Å². The van der Waals surface area contributed by atoms with Gasteiger partial charge in [-0.15, -0.1) is 11.3 Å². The number of hydrogen-bond donors (Lipinski definition) is 2. The van der Waals surface area contributed by atoms with Gasteiger partial charge in [0.25, 0.3) is 0 Å². The molecular formula is C12H12ClN3O2S3. The Kier molecular flexibility index (Phi) is 5.28. The number of thiocarbonyl (C=S) groups is 1. The molecule has 0 saturated heterocycles. The highest BCUT2D eigenvalue weighted by Crippen LogP contribution is 2.22. The molecule has 0 unspecified atom stereocenters. The number of nitrogens with one attached hydrogen (secondary N) is 1. The van der Waals surface area contributed by atoms with Gasteiger partial charge in [0.15, 0.2) is 0 Å². The van der Waals surface area contributed by atoms with Crippen molar-refractivity contribution in [1.29, 1.82) is 0 Å². The first-order valence-electron chi connectivity index (χ1n) is 5.86. The molecule has 0 fully saturated rings. The minimum Gasteiger partial charge on any atom is -0.389 e. The van der Waals surface area contributed by atoms with E-state index in [0.717, 1.165) is 5.69 Å². The molecule has 1 heterocycles. The summed E-state index contributed by atoms with van der Waals surface area (Å²) in [4.78, 5) is 4.25. The fourth-order valence-electron chi connectivity index (χ4n) is 1.62. The predicted molar refractivity (Wildman–Crippen MR) is 88.3 cm³/mol. The Bertz CT molecular complexity index is 745. The normalized spacial score (nSPS) is 11.5. The molecule has 9 heteroatoms. The molecule has 0 spiro atoms. The van der Waals surface area contributed by atoms with E-state index < -0.39 is 10.0 Å². The Labute approximate surface area is 137 Å². The first-order valence-corrected chi connectivity index (χ1v) is 9.07. The van der Waals surface area contributed by atoms with Gasteiger partial charge in [-0.25, -0.2) is 18.1 Å². The highest BCUT2D eigenvalue weighted by Gasteiger charge is 2.18. The van der Waals surface area contributed by atoms with Crippen LogP contribution in [0.2, 0.25) is 5.02 Å². The van der Waals surface area contributed by atoms with Gasteiger partial charge in [-0.1, -0.05) is 29.9 Å². The molecule has 0 saturated carbocycles. The predicted octanol–water partition coefficient (Wildman–Crippen LogP) is 1.95. The molecule has 0 atom stereocenters. The lowest BCUT2D eigenvalue weighted by Crippen LogP contribution is -2.26. The van der Waals surface area contributed by atoms with Crippen LogP contribution in [-0.2, 0) is 16.4 Å². The molecule has 0 aliphatic heterocycles. The van der Waals surface area contributed by atoms with Gasteiger partial charge in [0, 0.05) is 23.9 Å². The molecular weight excluding hydrogens is 350 g/mol. The monoisotopic (exact) mass is 361 g/mol. The highest BCUT2D eigenvalue weighted by atomic mass is 35.5. The largest absolute Gasteiger partial charge is 0.389 e. The topological polar surface area (TPSA) is 85.1 Å². The number of benzene rings is 1. The van der Waals surface area contributed by atoms with Gasteiger partial charge < -0.3 is 5.73 Å². The molecule has 112 valence electrons. The zero-order valence-corrected chi connectivity index (χ0v) is 14.0. The van der Waals surface area contributed by atoms with E-state index in [4.69, 9.17) is 29.6 Å². The number of hydrogen-bond acceptors (Lipinski definition) is 5. The van der Waals surface area contributed by atoms with Gasteiger partial charge in [0.1, 0.15) is 9.88 Å². The third-order valence-corrected chi connectivity index (χ3v) is 5.48. The molecule has 5 nitrogen and oxygen atoms in total. The van der Waals surface area contributed by atoms with Crippen LogP contribution in [0.15, 0.2) is 34.0 Å². The van der Waals surface area contributed by atoms with E-state index in [1.54, 1.807) is 5.51 Å². The van der Waals surface area contributed by atoms with Crippen molar-refractivity contribution in [2.75, 3.05) is 6.54 Å². The SMILES string of the molecule is NC(=S)c1ccc(S(=O)(=O)NCCc2cscn2)c(Cl)c1. The van der Waals surface area contributed by atoms with Gasteiger partial charge >= 0.3 is 0 Å². The van der Waals surface area contributed by atoms with Crippen LogP contribution in [0.25, 0.3) is 0 Å². The van der Waals surface area contributed by atoms with E-state index in [1.807, 2.05) is 5.38 Å². The van der Waals surface area contributed by atoms with Gasteiger partial charge in [-0.2, -0.15) is 0 Å². The average Bonchev–Trinajstić information content (AvgIpc) is 2.91. The second-order valence-corrected chi connectivity index (χ2v) is 7.44. The van der Waals surface area contributed by atoms with E-state index in [0.29, 0.717) is 12.0 Å². The fourth-order valence-corrected chi connectivity index (χ4v) is 3.92. The number of sulfonamides is 1. The number of halogens is 1. The molecule has 2 aromatic rings. The number of aromatic nitrogens is 1. The maximum absolute atomic E-state index is 12.2. The Morgan fingerprint density at radius 2 is 2.24 bits per heavy atom. The Balaban J connectivity index is 2.10. The van der Waals surface area contributed by atoms with Crippen LogP contribution >= 0.6 is 35.2 Å². The van der Waals surface area contributed by atoms with Crippen molar-refractivity contribution in [3.8, 4) is 0 Å². The average molecular weight is 362 g/mol. The van der Waals surface area contributed by atoms with Crippen molar-refractivity contribution in [3.63, 3.8) is 0 Å². The van der Waals surface area contributed by atoms with Crippen molar-refractivity contribution < 1.29 is 8.42 Å². The molecule has 3 N–H and O–H groups in total. The smallest absolute Gasteiger partial charge is 0.242 e. The van der Waals surface area contributed by atoms with Gasteiger partial charge in [0.2, 0.25) is 10.0 Å². The van der Waals surface area contributed by atoms with Crippen molar-refractivity contribution in [3.05, 3.63) is 45.4 Å². The fraction of sp³-hybridized carbons (Fsp3) is 0.167. The molecule has 21 heavy (non-hydrogen) atoms. The van der Waals surface area contributed by atoms with Crippen LogP contribution in [0.1, 0.15) is 11.3 Å². The van der Waals surface area contributed by atoms with E-state index in [9.17, 15) is 8.42 Å².